The first-order chi connectivity index (χ1) is 3.27. The minimum atomic E-state index is -0.693. The third-order valence-corrected chi connectivity index (χ3v) is 0.744. The van der Waals surface area contributed by atoms with Crippen LogP contribution < -0.4 is 0 Å². The minimum absolute atomic E-state index is 0. The van der Waals surface area contributed by atoms with Gasteiger partial charge in [0.15, 0.2) is 0 Å². The first-order valence-electron chi connectivity index (χ1n) is 2.49. The van der Waals surface area contributed by atoms with Crippen molar-refractivity contribution in [3.8, 4) is 0 Å². The molecule has 2 nitrogen and oxygen atoms in total. The molecule has 0 bridgehead atoms. The van der Waals surface area contributed by atoms with Crippen molar-refractivity contribution in [2.75, 3.05) is 0 Å². The molecule has 0 aliphatic heterocycles. The van der Waals surface area contributed by atoms with Crippen molar-refractivity contribution in [1.82, 2.24) is 0 Å². The van der Waals surface area contributed by atoms with Crippen LogP contribution in [0.1, 0.15) is 26.2 Å². The molecule has 4 heteroatoms. The first kappa shape index (κ1) is 16.2. The molecule has 0 spiro atoms. The van der Waals surface area contributed by atoms with Crippen LogP contribution in [-0.4, -0.2) is 11.1 Å². The molecule has 0 aromatic rings. The van der Waals surface area contributed by atoms with Gasteiger partial charge in [-0.1, -0.05) is 13.3 Å². The van der Waals surface area contributed by atoms with Crippen LogP contribution in [-0.2, 0) is 4.79 Å². The van der Waals surface area contributed by atoms with Gasteiger partial charge < -0.3 is 5.11 Å². The van der Waals surface area contributed by atoms with Crippen LogP contribution in [0.15, 0.2) is 0 Å². The summed E-state index contributed by atoms with van der Waals surface area (Å²) in [4.78, 5) is 9.76. The summed E-state index contributed by atoms with van der Waals surface area (Å²) in [7, 11) is 0. The van der Waals surface area contributed by atoms with E-state index in [1.165, 1.54) is 0 Å². The van der Waals surface area contributed by atoms with Gasteiger partial charge in [0.1, 0.15) is 0 Å². The molecule has 2 atom stereocenters. The number of hydrogen-bond donors (Lipinski definition) is 1. The monoisotopic (exact) mass is 170 g/mol. The Morgan fingerprint density at radius 1 is 1.44 bits per heavy atom. The highest BCUT2D eigenvalue weighted by Crippen LogP contribution is 1.91. The van der Waals surface area contributed by atoms with Gasteiger partial charge in [0, 0.05) is 6.42 Å². The van der Waals surface area contributed by atoms with Crippen LogP contribution in [0.3, 0.4) is 0 Å². The quantitative estimate of drug-likeness (QED) is 0.649. The van der Waals surface area contributed by atoms with Crippen LogP contribution in [0.4, 0.5) is 0 Å². The zero-order valence-corrected chi connectivity index (χ0v) is 8.72. The van der Waals surface area contributed by atoms with E-state index in [-0.39, 0.29) is 19.8 Å². The molecule has 9 heavy (non-hydrogen) atoms. The van der Waals surface area contributed by atoms with Crippen molar-refractivity contribution < 1.29 is 9.90 Å². The van der Waals surface area contributed by atoms with E-state index in [2.05, 4.69) is 0 Å². The fraction of sp³-hybridized carbons (Fsp3) is 0.800. The number of rotatable bonds is 3. The molecule has 0 fully saturated rings. The topological polar surface area (TPSA) is 37.3 Å². The Balaban J connectivity index is -0.000000180. The predicted octanol–water partition coefficient (Wildman–Crippen LogP) is 1.38. The van der Waals surface area contributed by atoms with E-state index in [9.17, 15) is 4.79 Å². The second-order valence-electron chi connectivity index (χ2n) is 1.50. The summed E-state index contributed by atoms with van der Waals surface area (Å²) in [5, 5.41) is 8.04. The molecule has 0 aliphatic carbocycles. The van der Waals surface area contributed by atoms with E-state index in [4.69, 9.17) is 5.11 Å². The van der Waals surface area contributed by atoms with Crippen LogP contribution in [0, 0.1) is 0 Å². The van der Waals surface area contributed by atoms with Gasteiger partial charge in [0.25, 0.3) is 0 Å². The smallest absolute Gasteiger partial charge is 0.303 e. The van der Waals surface area contributed by atoms with Crippen LogP contribution in [0.5, 0.6) is 0 Å². The number of carbonyl (C=O) groups is 1. The number of carboxylic acids is 1. The molecule has 0 aromatic carbocycles. The molecular weight excluding hydrogens is 154 g/mol. The Morgan fingerprint density at radius 3 is 2.00 bits per heavy atom. The van der Waals surface area contributed by atoms with Crippen molar-refractivity contribution >= 4 is 25.8 Å². The summed E-state index contributed by atoms with van der Waals surface area (Å²) >= 11 is 0. The van der Waals surface area contributed by atoms with Gasteiger partial charge in [-0.25, -0.2) is 0 Å². The van der Waals surface area contributed by atoms with Gasteiger partial charge in [-0.15, -0.1) is 0 Å². The van der Waals surface area contributed by atoms with Gasteiger partial charge in [0.05, 0.1) is 0 Å². The van der Waals surface area contributed by atoms with E-state index < -0.39 is 5.97 Å². The number of carboxylic acid groups (broad SMARTS) is 1. The Labute approximate surface area is 62.7 Å². The largest absolute Gasteiger partial charge is 0.481 e. The highest BCUT2D eigenvalue weighted by molar-refractivity contribution is 6.92. The summed E-state index contributed by atoms with van der Waals surface area (Å²) in [6, 6.07) is 0. The second kappa shape index (κ2) is 11.2. The van der Waals surface area contributed by atoms with E-state index in [1.54, 1.807) is 0 Å². The second-order valence-corrected chi connectivity index (χ2v) is 1.50. The lowest BCUT2D eigenvalue weighted by molar-refractivity contribution is -0.137. The highest BCUT2D eigenvalue weighted by atomic mass is 31.0. The fourth-order valence-corrected chi connectivity index (χ4v) is 0.328. The molecule has 0 amide bonds. The summed E-state index contributed by atoms with van der Waals surface area (Å²) in [5.74, 6) is -0.693. The molecule has 0 saturated heterocycles. The third kappa shape index (κ3) is 17.8. The molecule has 0 heterocycles. The molecule has 0 aliphatic rings. The zero-order valence-electron chi connectivity index (χ0n) is 5.89. The Morgan fingerprint density at radius 2 is 1.89 bits per heavy atom. The fourth-order valence-electron chi connectivity index (χ4n) is 0.328. The molecule has 0 saturated carbocycles. The molecule has 0 aromatic heterocycles. The zero-order chi connectivity index (χ0) is 5.70. The maximum Gasteiger partial charge on any atom is 0.303 e. The number of hydrogen-bond acceptors (Lipinski definition) is 1. The van der Waals surface area contributed by atoms with Crippen molar-refractivity contribution in [2.24, 2.45) is 0 Å². The summed E-state index contributed by atoms with van der Waals surface area (Å²) in [5.41, 5.74) is 0. The standard InChI is InChI=1S/C5H10O2.2H3P/c1-2-3-4-5(6)7;;/h2-4H2,1H3,(H,6,7);2*1H3. The van der Waals surface area contributed by atoms with Crippen LogP contribution in [0.25, 0.3) is 0 Å². The molecule has 0 rings (SSSR count). The lowest BCUT2D eigenvalue weighted by Gasteiger charge is -1.85. The molecule has 0 radical (unpaired) electrons. The van der Waals surface area contributed by atoms with Crippen molar-refractivity contribution in [2.45, 2.75) is 26.2 Å². The van der Waals surface area contributed by atoms with Gasteiger partial charge >= 0.3 is 5.97 Å². The Hall–Kier alpha value is 0.330. The average Bonchev–Trinajstić information content (AvgIpc) is 1.61. The van der Waals surface area contributed by atoms with Gasteiger partial charge in [-0.05, 0) is 6.42 Å². The minimum Gasteiger partial charge on any atom is -0.481 e. The van der Waals surface area contributed by atoms with Crippen LogP contribution >= 0.6 is 19.8 Å². The number of unbranched alkanes of at least 4 members (excludes halogenated alkanes) is 1. The molecule has 1 N–H and O–H groups in total. The van der Waals surface area contributed by atoms with E-state index in [0.717, 1.165) is 12.8 Å². The Bertz CT molecular complexity index is 66.0. The maximum atomic E-state index is 9.76. The van der Waals surface area contributed by atoms with E-state index in [0.29, 0.717) is 6.42 Å². The summed E-state index contributed by atoms with van der Waals surface area (Å²) in [6.45, 7) is 1.98. The van der Waals surface area contributed by atoms with Crippen LogP contribution in [0.2, 0.25) is 0 Å². The number of aliphatic carboxylic acids is 1. The highest BCUT2D eigenvalue weighted by Gasteiger charge is 1.90. The SMILES string of the molecule is CCCCC(=O)O.P.P. The Kier molecular flexibility index (Phi) is 20.1. The summed E-state index contributed by atoms with van der Waals surface area (Å²) in [6.07, 6.45) is 2.08. The lowest BCUT2D eigenvalue weighted by atomic mass is 10.3. The summed E-state index contributed by atoms with van der Waals surface area (Å²) < 4.78 is 0. The maximum absolute atomic E-state index is 9.76. The van der Waals surface area contributed by atoms with Crippen molar-refractivity contribution in [3.05, 3.63) is 0 Å². The third-order valence-electron chi connectivity index (χ3n) is 0.744. The lowest BCUT2D eigenvalue weighted by Crippen LogP contribution is -1.91. The van der Waals surface area contributed by atoms with Gasteiger partial charge in [-0.2, -0.15) is 19.8 Å². The first-order valence-corrected chi connectivity index (χ1v) is 2.49. The normalized spacial score (nSPS) is 6.78. The van der Waals surface area contributed by atoms with E-state index >= 15 is 0 Å². The molecular formula is C5H16O2P2. The van der Waals surface area contributed by atoms with E-state index in [1.807, 2.05) is 6.92 Å². The predicted molar refractivity (Wildman–Crippen MR) is 49.4 cm³/mol. The molecule has 2 unspecified atom stereocenters. The van der Waals surface area contributed by atoms with Gasteiger partial charge in [0.2, 0.25) is 0 Å². The van der Waals surface area contributed by atoms with Crippen molar-refractivity contribution in [1.29, 1.82) is 0 Å². The molecule has 58 valence electrons. The average molecular weight is 170 g/mol. The van der Waals surface area contributed by atoms with Gasteiger partial charge in [-0.3, -0.25) is 4.79 Å². The van der Waals surface area contributed by atoms with Crippen molar-refractivity contribution in [3.63, 3.8) is 0 Å².